The summed E-state index contributed by atoms with van der Waals surface area (Å²) >= 11 is 5.20. The number of thiazole rings is 1. The van der Waals surface area contributed by atoms with Gasteiger partial charge in [0, 0.05) is 21.7 Å². The lowest BCUT2D eigenvalue weighted by Crippen LogP contribution is -1.92. The van der Waals surface area contributed by atoms with E-state index in [9.17, 15) is 0 Å². The molecule has 0 radical (unpaired) electrons. The minimum absolute atomic E-state index is 0.417. The summed E-state index contributed by atoms with van der Waals surface area (Å²) in [5, 5.41) is 2.08. The monoisotopic (exact) mass is 280 g/mol. The second-order valence-electron chi connectivity index (χ2n) is 3.32. The third-order valence-electron chi connectivity index (χ3n) is 1.91. The molecule has 2 N–H and O–H groups in total. The average molecular weight is 280 g/mol. The first-order valence-electron chi connectivity index (χ1n) is 5.10. The predicted molar refractivity (Wildman–Crippen MR) is 76.7 cm³/mol. The van der Waals surface area contributed by atoms with Crippen molar-refractivity contribution in [2.75, 3.05) is 6.54 Å². The van der Waals surface area contributed by atoms with Gasteiger partial charge in [0.1, 0.15) is 4.34 Å². The fourth-order valence-electron chi connectivity index (χ4n) is 1.19. The summed E-state index contributed by atoms with van der Waals surface area (Å²) in [4.78, 5) is 6.83. The number of nitrogens with zero attached hydrogens (tertiary/aromatic N) is 1. The number of nitrogens with two attached hydrogens (primary N) is 1. The Morgan fingerprint density at radius 1 is 1.47 bits per heavy atom. The summed E-state index contributed by atoms with van der Waals surface area (Å²) in [7, 11) is 0. The molecular formula is C12H12N2S3. The van der Waals surface area contributed by atoms with E-state index >= 15 is 0 Å². The summed E-state index contributed by atoms with van der Waals surface area (Å²) in [5.74, 6) is 6.87. The zero-order chi connectivity index (χ0) is 12.1. The van der Waals surface area contributed by atoms with E-state index in [4.69, 9.17) is 5.73 Å². The van der Waals surface area contributed by atoms with Crippen molar-refractivity contribution in [3.8, 4) is 11.8 Å². The first-order valence-corrected chi connectivity index (χ1v) is 7.78. The van der Waals surface area contributed by atoms with Crippen molar-refractivity contribution < 1.29 is 0 Å². The number of aromatic nitrogens is 1. The van der Waals surface area contributed by atoms with Crippen LogP contribution >= 0.6 is 34.4 Å². The summed E-state index contributed by atoms with van der Waals surface area (Å²) in [6.45, 7) is 2.44. The van der Waals surface area contributed by atoms with E-state index in [1.807, 2.05) is 6.92 Å². The molecule has 5 heteroatoms. The molecule has 0 aliphatic heterocycles. The van der Waals surface area contributed by atoms with E-state index in [1.54, 1.807) is 34.4 Å². The van der Waals surface area contributed by atoms with Gasteiger partial charge in [-0.2, -0.15) is 0 Å². The predicted octanol–water partition coefficient (Wildman–Crippen LogP) is 3.12. The lowest BCUT2D eigenvalue weighted by Gasteiger charge is -1.92. The highest BCUT2D eigenvalue weighted by Gasteiger charge is 2.02. The van der Waals surface area contributed by atoms with Crippen LogP contribution in [0.5, 0.6) is 0 Å². The Hall–Kier alpha value is -0.800. The molecule has 0 aliphatic carbocycles. The summed E-state index contributed by atoms with van der Waals surface area (Å²) < 4.78 is 1.13. The van der Waals surface area contributed by atoms with Gasteiger partial charge in [-0.15, -0.1) is 22.7 Å². The Morgan fingerprint density at radius 2 is 2.35 bits per heavy atom. The van der Waals surface area contributed by atoms with Crippen LogP contribution in [-0.2, 0) is 5.75 Å². The molecule has 0 amide bonds. The van der Waals surface area contributed by atoms with Crippen LogP contribution in [0.1, 0.15) is 15.4 Å². The Kier molecular flexibility index (Phi) is 4.63. The van der Waals surface area contributed by atoms with Gasteiger partial charge in [-0.3, -0.25) is 0 Å². The number of aryl methyl sites for hydroxylation is 1. The molecule has 2 heterocycles. The maximum Gasteiger partial charge on any atom is 0.150 e. The molecule has 0 unspecified atom stereocenters. The molecular weight excluding hydrogens is 268 g/mol. The molecule has 2 aromatic rings. The second kappa shape index (κ2) is 6.22. The van der Waals surface area contributed by atoms with Gasteiger partial charge in [0.2, 0.25) is 0 Å². The Bertz CT molecular complexity index is 545. The standard InChI is InChI=1S/C12H12N2S3/c1-9-7-15-12(14-9)16-8-11-5-4-10(17-11)3-2-6-13/h4-5,7H,6,8,13H2,1H3. The molecule has 0 aliphatic rings. The smallest absolute Gasteiger partial charge is 0.150 e. The van der Waals surface area contributed by atoms with Gasteiger partial charge < -0.3 is 5.73 Å². The number of hydrogen-bond donors (Lipinski definition) is 1. The number of thiophene rings is 1. The highest BCUT2D eigenvalue weighted by Crippen LogP contribution is 2.28. The van der Waals surface area contributed by atoms with Crippen molar-refractivity contribution in [3.63, 3.8) is 0 Å². The van der Waals surface area contributed by atoms with Crippen molar-refractivity contribution in [3.05, 3.63) is 33.0 Å². The van der Waals surface area contributed by atoms with Gasteiger partial charge in [0.15, 0.2) is 0 Å². The van der Waals surface area contributed by atoms with Crippen molar-refractivity contribution in [1.29, 1.82) is 0 Å². The molecule has 2 aromatic heterocycles. The van der Waals surface area contributed by atoms with Crippen LogP contribution in [0.3, 0.4) is 0 Å². The van der Waals surface area contributed by atoms with Gasteiger partial charge in [0.05, 0.1) is 11.4 Å². The van der Waals surface area contributed by atoms with E-state index in [0.717, 1.165) is 20.7 Å². The van der Waals surface area contributed by atoms with Gasteiger partial charge in [0.25, 0.3) is 0 Å². The van der Waals surface area contributed by atoms with Crippen LogP contribution in [0.25, 0.3) is 0 Å². The van der Waals surface area contributed by atoms with E-state index in [1.165, 1.54) is 4.88 Å². The molecule has 0 atom stereocenters. The lowest BCUT2D eigenvalue weighted by atomic mass is 10.4. The molecule has 0 fully saturated rings. The first kappa shape index (κ1) is 12.7. The normalized spacial score (nSPS) is 10.0. The van der Waals surface area contributed by atoms with Gasteiger partial charge in [-0.25, -0.2) is 4.98 Å². The van der Waals surface area contributed by atoms with E-state index in [0.29, 0.717) is 6.54 Å². The zero-order valence-electron chi connectivity index (χ0n) is 9.40. The molecule has 0 spiro atoms. The van der Waals surface area contributed by atoms with Gasteiger partial charge in [-0.1, -0.05) is 23.6 Å². The fourth-order valence-corrected chi connectivity index (χ4v) is 3.97. The van der Waals surface area contributed by atoms with Crippen LogP contribution in [0, 0.1) is 18.8 Å². The Balaban J connectivity index is 1.93. The second-order valence-corrected chi connectivity index (χ2v) is 6.56. The van der Waals surface area contributed by atoms with Gasteiger partial charge in [-0.05, 0) is 19.1 Å². The first-order chi connectivity index (χ1) is 8.28. The highest BCUT2D eigenvalue weighted by atomic mass is 32.2. The number of thioether (sulfide) groups is 1. The molecule has 0 aromatic carbocycles. The fraction of sp³-hybridized carbons (Fsp3) is 0.250. The quantitative estimate of drug-likeness (QED) is 0.693. The average Bonchev–Trinajstić information content (AvgIpc) is 2.93. The van der Waals surface area contributed by atoms with E-state index in [-0.39, 0.29) is 0 Å². The molecule has 17 heavy (non-hydrogen) atoms. The summed E-state index contributed by atoms with van der Waals surface area (Å²) in [6.07, 6.45) is 0. The zero-order valence-corrected chi connectivity index (χ0v) is 11.8. The summed E-state index contributed by atoms with van der Waals surface area (Å²) in [5.41, 5.74) is 6.44. The lowest BCUT2D eigenvalue weighted by molar-refractivity contribution is 1.16. The highest BCUT2D eigenvalue weighted by molar-refractivity contribution is 8.00. The minimum Gasteiger partial charge on any atom is -0.320 e. The van der Waals surface area contributed by atoms with E-state index < -0.39 is 0 Å². The van der Waals surface area contributed by atoms with Crippen molar-refractivity contribution >= 4 is 34.4 Å². The molecule has 88 valence electrons. The third kappa shape index (κ3) is 3.86. The SMILES string of the molecule is Cc1csc(SCc2ccc(C#CCN)s2)n1. The minimum atomic E-state index is 0.417. The Labute approximate surface area is 113 Å². The maximum atomic E-state index is 5.34. The van der Waals surface area contributed by atoms with Crippen LogP contribution in [0.15, 0.2) is 21.9 Å². The molecule has 0 bridgehead atoms. The summed E-state index contributed by atoms with van der Waals surface area (Å²) in [6, 6.07) is 4.18. The number of hydrogen-bond acceptors (Lipinski definition) is 5. The third-order valence-corrected chi connectivity index (χ3v) is 5.28. The Morgan fingerprint density at radius 3 is 3.06 bits per heavy atom. The van der Waals surface area contributed by atoms with Crippen LogP contribution < -0.4 is 5.73 Å². The van der Waals surface area contributed by atoms with Crippen molar-refractivity contribution in [2.45, 2.75) is 17.0 Å². The molecule has 0 saturated heterocycles. The van der Waals surface area contributed by atoms with E-state index in [2.05, 4.69) is 34.3 Å². The van der Waals surface area contributed by atoms with Crippen LogP contribution in [-0.4, -0.2) is 11.5 Å². The van der Waals surface area contributed by atoms with Crippen molar-refractivity contribution in [1.82, 2.24) is 4.98 Å². The molecule has 2 rings (SSSR count). The van der Waals surface area contributed by atoms with Crippen molar-refractivity contribution in [2.24, 2.45) is 5.73 Å². The number of rotatable bonds is 3. The largest absolute Gasteiger partial charge is 0.320 e. The van der Waals surface area contributed by atoms with Crippen LogP contribution in [0.4, 0.5) is 0 Å². The van der Waals surface area contributed by atoms with Crippen LogP contribution in [0.2, 0.25) is 0 Å². The maximum absolute atomic E-state index is 5.34. The van der Waals surface area contributed by atoms with Gasteiger partial charge >= 0.3 is 0 Å². The molecule has 0 saturated carbocycles. The molecule has 2 nitrogen and oxygen atoms in total. The topological polar surface area (TPSA) is 38.9 Å².